The van der Waals surface area contributed by atoms with E-state index in [-0.39, 0.29) is 0 Å². The quantitative estimate of drug-likeness (QED) is 0.872. The summed E-state index contributed by atoms with van der Waals surface area (Å²) in [5.74, 6) is 0. The van der Waals surface area contributed by atoms with Crippen LogP contribution in [0.1, 0.15) is 37.7 Å². The maximum absolute atomic E-state index is 10.4. The van der Waals surface area contributed by atoms with E-state index >= 15 is 0 Å². The van der Waals surface area contributed by atoms with Crippen LogP contribution in [0, 0.1) is 0 Å². The summed E-state index contributed by atoms with van der Waals surface area (Å²) in [6.45, 7) is 0. The first-order valence-corrected chi connectivity index (χ1v) is 6.48. The molecule has 0 amide bonds. The van der Waals surface area contributed by atoms with E-state index in [1.54, 1.807) is 18.5 Å². The molecule has 1 aromatic rings. The van der Waals surface area contributed by atoms with Crippen molar-refractivity contribution in [3.63, 3.8) is 0 Å². The highest BCUT2D eigenvalue weighted by atomic mass is 35.5. The van der Waals surface area contributed by atoms with Crippen LogP contribution in [0.15, 0.2) is 18.5 Å². The summed E-state index contributed by atoms with van der Waals surface area (Å²) in [5.41, 5.74) is -0.0987. The predicted octanol–water partition coefficient (Wildman–Crippen LogP) is 2.33. The minimum Gasteiger partial charge on any atom is -0.390 e. The topological polar surface area (TPSA) is 53.4 Å². The minimum absolute atomic E-state index is 0.387. The lowest BCUT2D eigenvalue weighted by Gasteiger charge is -2.36. The van der Waals surface area contributed by atoms with Gasteiger partial charge in [0.25, 0.3) is 0 Å². The fourth-order valence-electron chi connectivity index (χ4n) is 2.47. The zero-order valence-electron chi connectivity index (χ0n) is 9.77. The molecule has 94 valence electrons. The van der Waals surface area contributed by atoms with Crippen LogP contribution >= 0.6 is 11.6 Å². The van der Waals surface area contributed by atoms with Crippen LogP contribution in [0.3, 0.4) is 0 Å². The lowest BCUT2D eigenvalue weighted by atomic mass is 9.79. The largest absolute Gasteiger partial charge is 0.390 e. The van der Waals surface area contributed by atoms with E-state index in [4.69, 9.17) is 11.6 Å². The number of nitrogens with zero attached hydrogens (tertiary/aromatic N) is 1. The van der Waals surface area contributed by atoms with Gasteiger partial charge >= 0.3 is 0 Å². The summed E-state index contributed by atoms with van der Waals surface area (Å²) >= 11 is 6.00. The monoisotopic (exact) mass is 255 g/mol. The smallest absolute Gasteiger partial charge is 0.0908 e. The fourth-order valence-corrected chi connectivity index (χ4v) is 2.66. The van der Waals surface area contributed by atoms with Gasteiger partial charge in [0, 0.05) is 18.8 Å². The van der Waals surface area contributed by atoms with Crippen LogP contribution in [0.25, 0.3) is 0 Å². The molecule has 1 saturated carbocycles. The van der Waals surface area contributed by atoms with Crippen molar-refractivity contribution in [3.8, 4) is 0 Å². The molecule has 2 N–H and O–H groups in total. The number of aliphatic hydroxyl groups is 2. The van der Waals surface area contributed by atoms with Gasteiger partial charge in [-0.2, -0.15) is 0 Å². The van der Waals surface area contributed by atoms with Gasteiger partial charge in [0.15, 0.2) is 0 Å². The maximum atomic E-state index is 10.4. The molecule has 1 aromatic heterocycles. The average Bonchev–Trinajstić information content (AvgIpc) is 2.33. The van der Waals surface area contributed by atoms with Crippen LogP contribution in [0.2, 0.25) is 5.02 Å². The van der Waals surface area contributed by atoms with Crippen molar-refractivity contribution in [1.82, 2.24) is 4.98 Å². The summed E-state index contributed by atoms with van der Waals surface area (Å²) < 4.78 is 0. The van der Waals surface area contributed by atoms with E-state index in [0.717, 1.165) is 24.8 Å². The second kappa shape index (κ2) is 5.34. The lowest BCUT2D eigenvalue weighted by molar-refractivity contribution is -0.0960. The van der Waals surface area contributed by atoms with Crippen LogP contribution in [-0.4, -0.2) is 26.9 Å². The Morgan fingerprint density at radius 1 is 1.35 bits per heavy atom. The number of aliphatic hydroxyl groups excluding tert-OH is 1. The summed E-state index contributed by atoms with van der Waals surface area (Å²) in [5, 5.41) is 21.1. The Balaban J connectivity index is 2.05. The first-order chi connectivity index (χ1) is 8.12. The minimum atomic E-state index is -0.940. The van der Waals surface area contributed by atoms with Crippen molar-refractivity contribution < 1.29 is 10.2 Å². The summed E-state index contributed by atoms with van der Waals surface area (Å²) in [6, 6.07) is 1.79. The molecule has 0 saturated heterocycles. The summed E-state index contributed by atoms with van der Waals surface area (Å²) in [4.78, 5) is 3.91. The zero-order chi connectivity index (χ0) is 12.3. The lowest BCUT2D eigenvalue weighted by Crippen LogP contribution is -2.45. The van der Waals surface area contributed by atoms with E-state index in [9.17, 15) is 10.2 Å². The highest BCUT2D eigenvalue weighted by molar-refractivity contribution is 6.31. The van der Waals surface area contributed by atoms with Crippen molar-refractivity contribution in [2.24, 2.45) is 0 Å². The van der Waals surface area contributed by atoms with Crippen molar-refractivity contribution >= 4 is 11.6 Å². The Labute approximate surface area is 106 Å². The van der Waals surface area contributed by atoms with Gasteiger partial charge in [-0.1, -0.05) is 30.9 Å². The molecule has 1 aliphatic rings. The Morgan fingerprint density at radius 2 is 2.06 bits per heavy atom. The van der Waals surface area contributed by atoms with Gasteiger partial charge < -0.3 is 10.2 Å². The second-order valence-corrected chi connectivity index (χ2v) is 5.26. The molecule has 0 bridgehead atoms. The second-order valence-electron chi connectivity index (χ2n) is 4.85. The number of hydrogen-bond acceptors (Lipinski definition) is 3. The molecule has 0 spiro atoms. The van der Waals surface area contributed by atoms with Crippen molar-refractivity contribution in [1.29, 1.82) is 0 Å². The van der Waals surface area contributed by atoms with Gasteiger partial charge in [0.05, 0.1) is 16.7 Å². The van der Waals surface area contributed by atoms with Gasteiger partial charge in [-0.25, -0.2) is 0 Å². The first kappa shape index (κ1) is 12.8. The van der Waals surface area contributed by atoms with E-state index in [0.29, 0.717) is 24.3 Å². The molecular formula is C13H18ClNO2. The SMILES string of the molecule is OC(Cc1ccncc1Cl)C1(O)CCCCC1. The molecule has 1 fully saturated rings. The van der Waals surface area contributed by atoms with Gasteiger partial charge in [-0.3, -0.25) is 4.98 Å². The van der Waals surface area contributed by atoms with E-state index in [1.165, 1.54) is 0 Å². The molecule has 1 atom stereocenters. The van der Waals surface area contributed by atoms with Gasteiger partial charge in [-0.05, 0) is 24.5 Å². The number of pyridine rings is 1. The average molecular weight is 256 g/mol. The van der Waals surface area contributed by atoms with Crippen LogP contribution < -0.4 is 0 Å². The van der Waals surface area contributed by atoms with Crippen LogP contribution in [0.5, 0.6) is 0 Å². The maximum Gasteiger partial charge on any atom is 0.0908 e. The molecule has 0 aliphatic heterocycles. The number of rotatable bonds is 3. The number of aromatic nitrogens is 1. The molecule has 0 radical (unpaired) electrons. The van der Waals surface area contributed by atoms with Crippen LogP contribution in [0.4, 0.5) is 0 Å². The predicted molar refractivity (Wildman–Crippen MR) is 67.0 cm³/mol. The summed E-state index contributed by atoms with van der Waals surface area (Å²) in [6.07, 6.45) is 7.32. The molecule has 2 rings (SSSR count). The van der Waals surface area contributed by atoms with Gasteiger partial charge in [0.2, 0.25) is 0 Å². The van der Waals surface area contributed by atoms with Crippen molar-refractivity contribution in [2.75, 3.05) is 0 Å². The van der Waals surface area contributed by atoms with Gasteiger partial charge in [-0.15, -0.1) is 0 Å². The van der Waals surface area contributed by atoms with Crippen LogP contribution in [-0.2, 0) is 6.42 Å². The molecule has 4 heteroatoms. The Bertz CT molecular complexity index is 377. The third-order valence-electron chi connectivity index (χ3n) is 3.61. The van der Waals surface area contributed by atoms with E-state index in [2.05, 4.69) is 4.98 Å². The van der Waals surface area contributed by atoms with E-state index in [1.807, 2.05) is 0 Å². The van der Waals surface area contributed by atoms with Gasteiger partial charge in [0.1, 0.15) is 0 Å². The molecule has 3 nitrogen and oxygen atoms in total. The molecule has 1 unspecified atom stereocenters. The zero-order valence-corrected chi connectivity index (χ0v) is 10.5. The Morgan fingerprint density at radius 3 is 2.71 bits per heavy atom. The Hall–Kier alpha value is -0.640. The Kier molecular flexibility index (Phi) is 4.02. The fraction of sp³-hybridized carbons (Fsp3) is 0.615. The third kappa shape index (κ3) is 2.97. The molecule has 0 aromatic carbocycles. The van der Waals surface area contributed by atoms with E-state index < -0.39 is 11.7 Å². The molecular weight excluding hydrogens is 238 g/mol. The van der Waals surface area contributed by atoms with Crippen molar-refractivity contribution in [2.45, 2.75) is 50.2 Å². The third-order valence-corrected chi connectivity index (χ3v) is 3.95. The number of halogens is 1. The molecule has 1 aliphatic carbocycles. The first-order valence-electron chi connectivity index (χ1n) is 6.11. The standard InChI is InChI=1S/C13H18ClNO2/c14-11-9-15-7-4-10(11)8-12(16)13(17)5-2-1-3-6-13/h4,7,9,12,16-17H,1-3,5-6,8H2. The van der Waals surface area contributed by atoms with Crippen molar-refractivity contribution in [3.05, 3.63) is 29.0 Å². The molecule has 17 heavy (non-hydrogen) atoms. The highest BCUT2D eigenvalue weighted by Gasteiger charge is 2.36. The number of hydrogen-bond donors (Lipinski definition) is 2. The summed E-state index contributed by atoms with van der Waals surface area (Å²) in [7, 11) is 0. The molecule has 1 heterocycles. The normalized spacial score (nSPS) is 21.1. The highest BCUT2D eigenvalue weighted by Crippen LogP contribution is 2.32.